The summed E-state index contributed by atoms with van der Waals surface area (Å²) >= 11 is 0. The summed E-state index contributed by atoms with van der Waals surface area (Å²) in [6, 6.07) is 2.67. The van der Waals surface area contributed by atoms with Crippen molar-refractivity contribution in [1.82, 2.24) is 0 Å². The average Bonchev–Trinajstić information content (AvgIpc) is 1.82. The third-order valence-corrected chi connectivity index (χ3v) is 0.549. The molecule has 5 heteroatoms. The van der Waals surface area contributed by atoms with Gasteiger partial charge in [0.05, 0.1) is 17.6 Å². The molecule has 44 valence electrons. The molecule has 0 aromatic rings. The molecule has 0 rings (SSSR count). The Morgan fingerprint density at radius 1 is 1.50 bits per heavy atom. The summed E-state index contributed by atoms with van der Waals surface area (Å²) in [6.07, 6.45) is 0.620. The fourth-order valence-corrected chi connectivity index (χ4v) is 0.201. The zero-order valence-corrected chi connectivity index (χ0v) is 8.41. The maximum atomic E-state index is 9.77. The Morgan fingerprint density at radius 2 is 2.00 bits per heavy atom. The van der Waals surface area contributed by atoms with Gasteiger partial charge in [0, 0.05) is 6.08 Å². The molecule has 0 saturated heterocycles. The van der Waals surface area contributed by atoms with Gasteiger partial charge in [0.1, 0.15) is 6.07 Å². The van der Waals surface area contributed by atoms with Crippen LogP contribution in [-0.2, 0) is 4.79 Å². The van der Waals surface area contributed by atoms with Crippen LogP contribution in [0, 0.1) is 22.7 Å². The van der Waals surface area contributed by atoms with Gasteiger partial charge in [0.15, 0.2) is 0 Å². The van der Waals surface area contributed by atoms with E-state index in [9.17, 15) is 9.90 Å². The number of carboxylic acid groups (broad SMARTS) is 1. The maximum Gasteiger partial charge on any atom is 1.00 e. The number of aliphatic carboxylic acids is 1. The second-order valence-electron chi connectivity index (χ2n) is 1.09. The Labute approximate surface area is 100 Å². The van der Waals surface area contributed by atoms with Crippen LogP contribution in [0.2, 0.25) is 0 Å². The largest absolute Gasteiger partial charge is 1.00 e. The Bertz CT molecular complexity index is 233. The van der Waals surface area contributed by atoms with E-state index in [4.69, 9.17) is 10.5 Å². The minimum Gasteiger partial charge on any atom is -0.544 e. The molecule has 0 aromatic carbocycles. The summed E-state index contributed by atoms with van der Waals surface area (Å²) < 4.78 is 0. The van der Waals surface area contributed by atoms with Crippen molar-refractivity contribution < 1.29 is 61.3 Å². The van der Waals surface area contributed by atoms with Gasteiger partial charge in [-0.1, -0.05) is 0 Å². The van der Waals surface area contributed by atoms with Crippen molar-refractivity contribution in [1.29, 1.82) is 10.5 Å². The Balaban J connectivity index is 0. The Hall–Kier alpha value is -0.174. The van der Waals surface area contributed by atoms with Gasteiger partial charge in [0.25, 0.3) is 0 Å². The van der Waals surface area contributed by atoms with Gasteiger partial charge in [-0.25, -0.2) is 0 Å². The van der Waals surface area contributed by atoms with Crippen LogP contribution in [0.5, 0.6) is 0 Å². The predicted molar refractivity (Wildman–Crippen MR) is 24.3 cm³/mol. The van der Waals surface area contributed by atoms with Gasteiger partial charge < -0.3 is 9.90 Å². The van der Waals surface area contributed by atoms with Gasteiger partial charge in [0.2, 0.25) is 0 Å². The smallest absolute Gasteiger partial charge is 0.544 e. The van der Waals surface area contributed by atoms with Crippen LogP contribution in [0.1, 0.15) is 0 Å². The van der Waals surface area contributed by atoms with Gasteiger partial charge >= 0.3 is 51.4 Å². The Kier molecular flexibility index (Phi) is 8.67. The minimum atomic E-state index is -1.63. The number of carbonyl (C=O) groups is 1. The van der Waals surface area contributed by atoms with Crippen LogP contribution in [0.25, 0.3) is 0 Å². The molecule has 0 aliphatic heterocycles. The number of allylic oxidation sites excluding steroid dienone is 1. The van der Waals surface area contributed by atoms with Crippen molar-refractivity contribution in [3.63, 3.8) is 0 Å². The SMILES string of the molecule is N#C/C=C(\C#N)C(=O)[O-].[K+]. The van der Waals surface area contributed by atoms with E-state index < -0.39 is 11.5 Å². The first kappa shape index (κ1) is 12.5. The Morgan fingerprint density at radius 3 is 2.10 bits per heavy atom. The molecular formula is C5HKN2O2. The monoisotopic (exact) mass is 160 g/mol. The molecule has 4 nitrogen and oxygen atoms in total. The zero-order valence-electron chi connectivity index (χ0n) is 5.29. The van der Waals surface area contributed by atoms with E-state index in [0.29, 0.717) is 6.08 Å². The van der Waals surface area contributed by atoms with E-state index in [1.807, 2.05) is 0 Å². The van der Waals surface area contributed by atoms with Crippen molar-refractivity contribution in [2.24, 2.45) is 0 Å². The van der Waals surface area contributed by atoms with Crippen molar-refractivity contribution in [3.8, 4) is 12.1 Å². The first-order chi connectivity index (χ1) is 4.22. The number of hydrogen-bond donors (Lipinski definition) is 0. The third-order valence-electron chi connectivity index (χ3n) is 0.549. The van der Waals surface area contributed by atoms with Gasteiger partial charge in [-0.15, -0.1) is 0 Å². The van der Waals surface area contributed by atoms with Crippen LogP contribution >= 0.6 is 0 Å². The van der Waals surface area contributed by atoms with Gasteiger partial charge in [-0.05, 0) is 0 Å². The third kappa shape index (κ3) is 4.68. The molecule has 0 N–H and O–H groups in total. The summed E-state index contributed by atoms with van der Waals surface area (Å²) in [5.41, 5.74) is -0.655. The number of carbonyl (C=O) groups excluding carboxylic acids is 1. The summed E-state index contributed by atoms with van der Waals surface area (Å²) in [7, 11) is 0. The second-order valence-corrected chi connectivity index (χ2v) is 1.09. The van der Waals surface area contributed by atoms with Crippen molar-refractivity contribution >= 4 is 5.97 Å². The molecule has 10 heavy (non-hydrogen) atoms. The average molecular weight is 160 g/mol. The summed E-state index contributed by atoms with van der Waals surface area (Å²) in [4.78, 5) is 9.77. The first-order valence-electron chi connectivity index (χ1n) is 1.93. The van der Waals surface area contributed by atoms with E-state index in [2.05, 4.69) is 0 Å². The van der Waals surface area contributed by atoms with Crippen molar-refractivity contribution in [3.05, 3.63) is 11.6 Å². The molecule has 0 bridgehead atoms. The van der Waals surface area contributed by atoms with E-state index in [-0.39, 0.29) is 51.4 Å². The zero-order chi connectivity index (χ0) is 7.28. The molecule has 0 aliphatic rings. The molecule has 0 saturated carbocycles. The fourth-order valence-electron chi connectivity index (χ4n) is 0.201. The molecule has 0 unspecified atom stereocenters. The molecule has 0 atom stereocenters. The van der Waals surface area contributed by atoms with Crippen molar-refractivity contribution in [2.75, 3.05) is 0 Å². The molecule has 0 aromatic heterocycles. The van der Waals surface area contributed by atoms with Crippen LogP contribution < -0.4 is 56.5 Å². The number of nitriles is 2. The summed E-state index contributed by atoms with van der Waals surface area (Å²) in [5.74, 6) is -1.63. The number of nitrogens with zero attached hydrogens (tertiary/aromatic N) is 2. The van der Waals surface area contributed by atoms with Gasteiger partial charge in [-0.2, -0.15) is 10.5 Å². The van der Waals surface area contributed by atoms with E-state index >= 15 is 0 Å². The predicted octanol–water partition coefficient (Wildman–Crippen LogP) is -4.29. The minimum absolute atomic E-state index is 0. The maximum absolute atomic E-state index is 9.77. The molecule has 0 spiro atoms. The second kappa shape index (κ2) is 6.94. The standard InChI is InChI=1S/C5H2N2O2.K/c6-2-1-4(3-7)5(8)9;/h1H,(H,8,9);/q;+1/p-1/b4-1+;. The number of hydrogen-bond acceptors (Lipinski definition) is 4. The fraction of sp³-hybridized carbons (Fsp3) is 0. The van der Waals surface area contributed by atoms with E-state index in [1.165, 1.54) is 12.1 Å². The normalized spacial score (nSPS) is 8.40. The first-order valence-corrected chi connectivity index (χ1v) is 1.93. The number of carboxylic acids is 1. The molecule has 0 aliphatic carbocycles. The van der Waals surface area contributed by atoms with Crippen LogP contribution in [0.3, 0.4) is 0 Å². The van der Waals surface area contributed by atoms with E-state index in [1.54, 1.807) is 0 Å². The topological polar surface area (TPSA) is 87.7 Å². The molecule has 0 heterocycles. The van der Waals surface area contributed by atoms with Gasteiger partial charge in [-0.3, -0.25) is 0 Å². The van der Waals surface area contributed by atoms with Crippen molar-refractivity contribution in [2.45, 2.75) is 0 Å². The van der Waals surface area contributed by atoms with Crippen LogP contribution in [0.15, 0.2) is 11.6 Å². The molecule has 0 radical (unpaired) electrons. The molecule has 0 amide bonds. The quantitative estimate of drug-likeness (QED) is 0.220. The molecular weight excluding hydrogens is 159 g/mol. The number of rotatable bonds is 1. The van der Waals surface area contributed by atoms with Crippen LogP contribution in [0.4, 0.5) is 0 Å². The summed E-state index contributed by atoms with van der Waals surface area (Å²) in [5, 5.41) is 25.6. The van der Waals surface area contributed by atoms with Crippen LogP contribution in [-0.4, -0.2) is 5.97 Å². The summed E-state index contributed by atoms with van der Waals surface area (Å²) in [6.45, 7) is 0. The van der Waals surface area contributed by atoms with E-state index in [0.717, 1.165) is 0 Å². The molecule has 0 fully saturated rings.